The first-order chi connectivity index (χ1) is 9.61. The van der Waals surface area contributed by atoms with Crippen LogP contribution in [0.15, 0.2) is 22.6 Å². The SMILES string of the molecule is CCCCCc1nnc(-c2ccc(B(O)O)c(F)c2)o1. The number of unbranched alkanes of at least 4 members (excludes halogenated alkanes) is 2. The van der Waals surface area contributed by atoms with Gasteiger partial charge in [-0.15, -0.1) is 10.2 Å². The van der Waals surface area contributed by atoms with Gasteiger partial charge in [0.15, 0.2) is 0 Å². The van der Waals surface area contributed by atoms with Crippen LogP contribution >= 0.6 is 0 Å². The molecule has 0 aliphatic heterocycles. The van der Waals surface area contributed by atoms with E-state index in [2.05, 4.69) is 17.1 Å². The van der Waals surface area contributed by atoms with Crippen LogP contribution in [0.2, 0.25) is 0 Å². The van der Waals surface area contributed by atoms with Crippen molar-refractivity contribution in [2.75, 3.05) is 0 Å². The highest BCUT2D eigenvalue weighted by Crippen LogP contribution is 2.19. The summed E-state index contributed by atoms with van der Waals surface area (Å²) in [5, 5.41) is 25.7. The summed E-state index contributed by atoms with van der Waals surface area (Å²) >= 11 is 0. The summed E-state index contributed by atoms with van der Waals surface area (Å²) < 4.78 is 19.1. The van der Waals surface area contributed by atoms with Crippen LogP contribution < -0.4 is 5.46 Å². The molecule has 5 nitrogen and oxygen atoms in total. The Morgan fingerprint density at radius 2 is 2.05 bits per heavy atom. The summed E-state index contributed by atoms with van der Waals surface area (Å²) in [6, 6.07) is 3.95. The normalized spacial score (nSPS) is 10.8. The van der Waals surface area contributed by atoms with Crippen LogP contribution in [-0.4, -0.2) is 27.4 Å². The predicted octanol–water partition coefficient (Wildman–Crippen LogP) is 1.29. The van der Waals surface area contributed by atoms with Crippen molar-refractivity contribution in [1.29, 1.82) is 0 Å². The van der Waals surface area contributed by atoms with Gasteiger partial charge in [-0.3, -0.25) is 0 Å². The van der Waals surface area contributed by atoms with E-state index in [1.165, 1.54) is 12.1 Å². The smallest absolute Gasteiger partial charge is 0.423 e. The lowest BCUT2D eigenvalue weighted by Crippen LogP contribution is -2.32. The van der Waals surface area contributed by atoms with E-state index >= 15 is 0 Å². The molecule has 0 fully saturated rings. The van der Waals surface area contributed by atoms with Gasteiger partial charge in [0.2, 0.25) is 11.8 Å². The van der Waals surface area contributed by atoms with Gasteiger partial charge in [-0.1, -0.05) is 25.8 Å². The molecule has 0 amide bonds. The zero-order valence-electron chi connectivity index (χ0n) is 11.2. The van der Waals surface area contributed by atoms with E-state index < -0.39 is 12.9 Å². The Kier molecular flexibility index (Phi) is 4.86. The highest BCUT2D eigenvalue weighted by Gasteiger charge is 2.18. The molecule has 20 heavy (non-hydrogen) atoms. The summed E-state index contributed by atoms with van der Waals surface area (Å²) in [7, 11) is -1.84. The third-order valence-corrected chi connectivity index (χ3v) is 2.99. The zero-order chi connectivity index (χ0) is 14.5. The Labute approximate surface area is 116 Å². The van der Waals surface area contributed by atoms with E-state index in [-0.39, 0.29) is 11.4 Å². The quantitative estimate of drug-likeness (QED) is 0.614. The van der Waals surface area contributed by atoms with Gasteiger partial charge in [-0.2, -0.15) is 0 Å². The maximum atomic E-state index is 13.6. The summed E-state index contributed by atoms with van der Waals surface area (Å²) in [5.41, 5.74) is 0.234. The van der Waals surface area contributed by atoms with Crippen LogP contribution in [0.5, 0.6) is 0 Å². The second-order valence-electron chi connectivity index (χ2n) is 4.57. The Balaban J connectivity index is 2.13. The van der Waals surface area contributed by atoms with E-state index in [1.54, 1.807) is 0 Å². The number of aryl methyl sites for hydroxylation is 1. The number of hydrogen-bond acceptors (Lipinski definition) is 5. The average molecular weight is 278 g/mol. The standard InChI is InChI=1S/C13H16BFN2O3/c1-2-3-4-5-12-16-17-13(20-12)9-6-7-10(14(18)19)11(15)8-9/h6-8,18-19H,2-5H2,1H3. The molecule has 2 aromatic rings. The largest absolute Gasteiger partial charge is 0.491 e. The molecule has 0 bridgehead atoms. The minimum Gasteiger partial charge on any atom is -0.423 e. The number of nitrogens with zero attached hydrogens (tertiary/aromatic N) is 2. The van der Waals surface area contributed by atoms with Crippen LogP contribution in [0, 0.1) is 5.82 Å². The molecular weight excluding hydrogens is 262 g/mol. The molecule has 1 heterocycles. The second kappa shape index (κ2) is 6.63. The van der Waals surface area contributed by atoms with E-state index in [1.807, 2.05) is 0 Å². The summed E-state index contributed by atoms with van der Waals surface area (Å²) in [6.07, 6.45) is 3.88. The molecule has 0 unspecified atom stereocenters. The molecule has 0 spiro atoms. The highest BCUT2D eigenvalue weighted by molar-refractivity contribution is 6.58. The van der Waals surface area contributed by atoms with Gasteiger partial charge in [-0.05, 0) is 18.6 Å². The van der Waals surface area contributed by atoms with E-state index in [0.29, 0.717) is 17.9 Å². The fourth-order valence-electron chi connectivity index (χ4n) is 1.87. The lowest BCUT2D eigenvalue weighted by atomic mass is 9.79. The van der Waals surface area contributed by atoms with Crippen LogP contribution in [0.25, 0.3) is 11.5 Å². The van der Waals surface area contributed by atoms with Crippen molar-refractivity contribution in [3.8, 4) is 11.5 Å². The average Bonchev–Trinajstić information content (AvgIpc) is 2.87. The van der Waals surface area contributed by atoms with Crippen molar-refractivity contribution in [1.82, 2.24) is 10.2 Å². The lowest BCUT2D eigenvalue weighted by molar-refractivity contribution is 0.423. The van der Waals surface area contributed by atoms with Crippen LogP contribution in [0.3, 0.4) is 0 Å². The Hall–Kier alpha value is -1.73. The van der Waals surface area contributed by atoms with Crippen molar-refractivity contribution in [2.24, 2.45) is 0 Å². The van der Waals surface area contributed by atoms with E-state index in [4.69, 9.17) is 14.5 Å². The summed E-state index contributed by atoms with van der Waals surface area (Å²) in [4.78, 5) is 0. The lowest BCUT2D eigenvalue weighted by Gasteiger charge is -2.02. The number of halogens is 1. The van der Waals surface area contributed by atoms with E-state index in [0.717, 1.165) is 25.3 Å². The minimum absolute atomic E-state index is 0.184. The first-order valence-electron chi connectivity index (χ1n) is 6.60. The van der Waals surface area contributed by atoms with Gasteiger partial charge in [0, 0.05) is 17.4 Å². The van der Waals surface area contributed by atoms with Crippen molar-refractivity contribution >= 4 is 12.6 Å². The van der Waals surface area contributed by atoms with Crippen LogP contribution in [0.4, 0.5) is 4.39 Å². The van der Waals surface area contributed by atoms with E-state index in [9.17, 15) is 4.39 Å². The predicted molar refractivity (Wildman–Crippen MR) is 72.7 cm³/mol. The highest BCUT2D eigenvalue weighted by atomic mass is 19.1. The summed E-state index contributed by atoms with van der Waals surface area (Å²) in [5.74, 6) is 0.0396. The van der Waals surface area contributed by atoms with Crippen molar-refractivity contribution in [3.63, 3.8) is 0 Å². The topological polar surface area (TPSA) is 79.4 Å². The van der Waals surface area contributed by atoms with Gasteiger partial charge < -0.3 is 14.5 Å². The van der Waals surface area contributed by atoms with Gasteiger partial charge in [0.1, 0.15) is 5.82 Å². The minimum atomic E-state index is -1.84. The van der Waals surface area contributed by atoms with Crippen molar-refractivity contribution in [3.05, 3.63) is 29.9 Å². The zero-order valence-corrected chi connectivity index (χ0v) is 11.2. The van der Waals surface area contributed by atoms with Gasteiger partial charge in [0.25, 0.3) is 0 Å². The second-order valence-corrected chi connectivity index (χ2v) is 4.57. The maximum Gasteiger partial charge on any atom is 0.491 e. The molecule has 7 heteroatoms. The molecule has 0 saturated carbocycles. The third kappa shape index (κ3) is 3.43. The van der Waals surface area contributed by atoms with Gasteiger partial charge in [-0.25, -0.2) is 4.39 Å². The first-order valence-corrected chi connectivity index (χ1v) is 6.60. The van der Waals surface area contributed by atoms with Crippen LogP contribution in [0.1, 0.15) is 32.1 Å². The van der Waals surface area contributed by atoms with Crippen molar-refractivity contribution in [2.45, 2.75) is 32.6 Å². The molecule has 2 N–H and O–H groups in total. The van der Waals surface area contributed by atoms with Gasteiger partial charge in [0.05, 0.1) is 0 Å². The number of hydrogen-bond donors (Lipinski definition) is 2. The third-order valence-electron chi connectivity index (χ3n) is 2.99. The Morgan fingerprint density at radius 3 is 2.70 bits per heavy atom. The molecule has 1 aromatic heterocycles. The molecule has 1 aromatic carbocycles. The van der Waals surface area contributed by atoms with Gasteiger partial charge >= 0.3 is 7.12 Å². The Bertz CT molecular complexity index is 574. The van der Waals surface area contributed by atoms with Crippen LogP contribution in [-0.2, 0) is 6.42 Å². The monoisotopic (exact) mass is 278 g/mol. The molecular formula is C13H16BFN2O3. The molecule has 106 valence electrons. The molecule has 0 aliphatic carbocycles. The maximum absolute atomic E-state index is 13.6. The number of rotatable bonds is 6. The molecule has 0 saturated heterocycles. The molecule has 2 rings (SSSR count). The van der Waals surface area contributed by atoms with Crippen molar-refractivity contribution < 1.29 is 18.9 Å². The summed E-state index contributed by atoms with van der Waals surface area (Å²) in [6.45, 7) is 2.11. The molecule has 0 radical (unpaired) electrons. The fourth-order valence-corrected chi connectivity index (χ4v) is 1.87. The fraction of sp³-hybridized carbons (Fsp3) is 0.385. The Morgan fingerprint density at radius 1 is 1.25 bits per heavy atom. The molecule has 0 aliphatic rings. The first kappa shape index (κ1) is 14.7. The number of benzene rings is 1. The molecule has 0 atom stereocenters. The number of aromatic nitrogens is 2.